The van der Waals surface area contributed by atoms with Crippen LogP contribution in [0.3, 0.4) is 0 Å². The summed E-state index contributed by atoms with van der Waals surface area (Å²) >= 11 is 0. The third-order valence-electron chi connectivity index (χ3n) is 1.94. The maximum atomic E-state index is 10.9. The summed E-state index contributed by atoms with van der Waals surface area (Å²) in [6, 6.07) is 0. The summed E-state index contributed by atoms with van der Waals surface area (Å²) in [4.78, 5) is 10.9. The van der Waals surface area contributed by atoms with Crippen LogP contribution in [0.1, 0.15) is 26.7 Å². The Bertz CT molecular complexity index is 176. The van der Waals surface area contributed by atoms with E-state index < -0.39 is 0 Å². The van der Waals surface area contributed by atoms with E-state index in [0.29, 0.717) is 13.2 Å². The van der Waals surface area contributed by atoms with Crippen molar-refractivity contribution in [2.45, 2.75) is 26.7 Å². The fourth-order valence-electron chi connectivity index (χ4n) is 1.17. The number of ether oxygens (including phenoxy) is 3. The molecular formula is C12H25NO4. The maximum Gasteiger partial charge on any atom is 0.332 e. The van der Waals surface area contributed by atoms with Crippen LogP contribution in [0.2, 0.25) is 0 Å². The first-order valence-corrected chi connectivity index (χ1v) is 6.33. The zero-order chi connectivity index (χ0) is 12.8. The first kappa shape index (κ1) is 16.4. The molecule has 0 radical (unpaired) electrons. The highest BCUT2D eigenvalue weighted by Crippen LogP contribution is 1.84. The van der Waals surface area contributed by atoms with E-state index in [2.05, 4.69) is 12.2 Å². The van der Waals surface area contributed by atoms with E-state index in [1.54, 1.807) is 6.92 Å². The van der Waals surface area contributed by atoms with Crippen LogP contribution in [-0.2, 0) is 19.0 Å². The van der Waals surface area contributed by atoms with Crippen molar-refractivity contribution < 1.29 is 19.0 Å². The molecule has 0 saturated heterocycles. The molecular weight excluding hydrogens is 222 g/mol. The zero-order valence-corrected chi connectivity index (χ0v) is 11.0. The van der Waals surface area contributed by atoms with E-state index in [4.69, 9.17) is 14.2 Å². The van der Waals surface area contributed by atoms with Crippen LogP contribution in [-0.4, -0.2) is 52.1 Å². The zero-order valence-electron chi connectivity index (χ0n) is 11.0. The van der Waals surface area contributed by atoms with Gasteiger partial charge in [-0.1, -0.05) is 6.92 Å². The van der Waals surface area contributed by atoms with E-state index in [1.807, 2.05) is 0 Å². The van der Waals surface area contributed by atoms with Gasteiger partial charge >= 0.3 is 5.97 Å². The first-order chi connectivity index (χ1) is 8.31. The van der Waals surface area contributed by atoms with Crippen molar-refractivity contribution in [1.29, 1.82) is 0 Å². The molecule has 0 heterocycles. The first-order valence-electron chi connectivity index (χ1n) is 6.33. The standard InChI is InChI=1S/C12H25NO4/c1-3-8-15-9-5-6-13-7-10-16-11-12(14)17-4-2/h13H,3-11H2,1-2H3. The lowest BCUT2D eigenvalue weighted by molar-refractivity contribution is -0.148. The highest BCUT2D eigenvalue weighted by Gasteiger charge is 1.99. The molecule has 0 amide bonds. The fraction of sp³-hybridized carbons (Fsp3) is 0.917. The predicted molar refractivity (Wildman–Crippen MR) is 66.0 cm³/mol. The Morgan fingerprint density at radius 2 is 1.88 bits per heavy atom. The highest BCUT2D eigenvalue weighted by atomic mass is 16.6. The molecule has 0 aromatic carbocycles. The van der Waals surface area contributed by atoms with Crippen molar-refractivity contribution in [3.05, 3.63) is 0 Å². The second-order valence-electron chi connectivity index (χ2n) is 3.57. The van der Waals surface area contributed by atoms with Crippen LogP contribution in [0.15, 0.2) is 0 Å². The van der Waals surface area contributed by atoms with Crippen LogP contribution in [0.4, 0.5) is 0 Å². The van der Waals surface area contributed by atoms with Crippen molar-refractivity contribution in [3.63, 3.8) is 0 Å². The van der Waals surface area contributed by atoms with E-state index in [9.17, 15) is 4.79 Å². The molecule has 0 rings (SSSR count). The molecule has 0 aromatic heterocycles. The molecule has 0 aliphatic carbocycles. The Balaban J connectivity index is 3.01. The van der Waals surface area contributed by atoms with Gasteiger partial charge in [0.1, 0.15) is 6.61 Å². The number of carbonyl (C=O) groups excluding carboxylic acids is 1. The SMILES string of the molecule is CCCOCCCNCCOCC(=O)OCC. The lowest BCUT2D eigenvalue weighted by Crippen LogP contribution is -2.23. The Labute approximate surface area is 104 Å². The van der Waals surface area contributed by atoms with Crippen molar-refractivity contribution in [3.8, 4) is 0 Å². The minimum atomic E-state index is -0.305. The number of carbonyl (C=O) groups is 1. The molecule has 0 aliphatic heterocycles. The lowest BCUT2D eigenvalue weighted by Gasteiger charge is -2.06. The molecule has 0 unspecified atom stereocenters. The van der Waals surface area contributed by atoms with Crippen LogP contribution < -0.4 is 5.32 Å². The molecule has 0 aliphatic rings. The summed E-state index contributed by atoms with van der Waals surface area (Å²) in [5, 5.41) is 3.21. The molecule has 1 N–H and O–H groups in total. The number of nitrogens with one attached hydrogen (secondary N) is 1. The van der Waals surface area contributed by atoms with E-state index >= 15 is 0 Å². The number of esters is 1. The quantitative estimate of drug-likeness (QED) is 0.411. The van der Waals surface area contributed by atoms with Crippen molar-refractivity contribution in [2.24, 2.45) is 0 Å². The van der Waals surface area contributed by atoms with E-state index in [0.717, 1.165) is 39.1 Å². The summed E-state index contributed by atoms with van der Waals surface area (Å²) < 4.78 is 15.2. The Kier molecular flexibility index (Phi) is 12.9. The van der Waals surface area contributed by atoms with Crippen LogP contribution in [0.5, 0.6) is 0 Å². The molecule has 17 heavy (non-hydrogen) atoms. The normalized spacial score (nSPS) is 10.5. The van der Waals surface area contributed by atoms with Gasteiger partial charge in [-0.3, -0.25) is 0 Å². The minimum Gasteiger partial charge on any atom is -0.464 e. The van der Waals surface area contributed by atoms with Crippen molar-refractivity contribution in [2.75, 3.05) is 46.1 Å². The van der Waals surface area contributed by atoms with Crippen molar-refractivity contribution in [1.82, 2.24) is 5.32 Å². The van der Waals surface area contributed by atoms with E-state index in [-0.39, 0.29) is 12.6 Å². The summed E-state index contributed by atoms with van der Waals surface area (Å²) in [5.41, 5.74) is 0. The van der Waals surface area contributed by atoms with Gasteiger partial charge in [-0.05, 0) is 26.3 Å². The maximum absolute atomic E-state index is 10.9. The summed E-state index contributed by atoms with van der Waals surface area (Å²) in [7, 11) is 0. The second-order valence-corrected chi connectivity index (χ2v) is 3.57. The molecule has 0 saturated carbocycles. The molecule has 0 atom stereocenters. The number of hydrogen-bond donors (Lipinski definition) is 1. The number of rotatable bonds is 12. The average molecular weight is 247 g/mol. The molecule has 5 heteroatoms. The molecule has 0 aromatic rings. The van der Waals surface area contributed by atoms with Gasteiger partial charge in [0.05, 0.1) is 13.2 Å². The summed E-state index contributed by atoms with van der Waals surface area (Å²) in [6.07, 6.45) is 2.06. The van der Waals surface area contributed by atoms with Gasteiger partial charge in [0.25, 0.3) is 0 Å². The van der Waals surface area contributed by atoms with Gasteiger partial charge in [-0.2, -0.15) is 0 Å². The molecule has 0 fully saturated rings. The van der Waals surface area contributed by atoms with Crippen molar-refractivity contribution >= 4 is 5.97 Å². The minimum absolute atomic E-state index is 0.0368. The van der Waals surface area contributed by atoms with Gasteiger partial charge in [-0.15, -0.1) is 0 Å². The van der Waals surface area contributed by atoms with Crippen LogP contribution >= 0.6 is 0 Å². The van der Waals surface area contributed by atoms with Gasteiger partial charge < -0.3 is 19.5 Å². The lowest BCUT2D eigenvalue weighted by atomic mass is 10.4. The topological polar surface area (TPSA) is 56.8 Å². The Morgan fingerprint density at radius 3 is 2.59 bits per heavy atom. The third-order valence-corrected chi connectivity index (χ3v) is 1.94. The fourth-order valence-corrected chi connectivity index (χ4v) is 1.17. The predicted octanol–water partition coefficient (Wildman–Crippen LogP) is 0.972. The molecule has 0 bridgehead atoms. The summed E-state index contributed by atoms with van der Waals surface area (Å²) in [5.74, 6) is -0.305. The third kappa shape index (κ3) is 13.3. The largest absolute Gasteiger partial charge is 0.464 e. The molecule has 102 valence electrons. The van der Waals surface area contributed by atoms with Gasteiger partial charge in [0, 0.05) is 19.8 Å². The Hall–Kier alpha value is -0.650. The monoisotopic (exact) mass is 247 g/mol. The van der Waals surface area contributed by atoms with Crippen LogP contribution in [0.25, 0.3) is 0 Å². The molecule has 5 nitrogen and oxygen atoms in total. The van der Waals surface area contributed by atoms with Gasteiger partial charge in [0.15, 0.2) is 0 Å². The average Bonchev–Trinajstić information content (AvgIpc) is 2.32. The number of hydrogen-bond acceptors (Lipinski definition) is 5. The Morgan fingerprint density at radius 1 is 1.06 bits per heavy atom. The molecule has 0 spiro atoms. The van der Waals surface area contributed by atoms with Crippen LogP contribution in [0, 0.1) is 0 Å². The van der Waals surface area contributed by atoms with E-state index in [1.165, 1.54) is 0 Å². The van der Waals surface area contributed by atoms with Gasteiger partial charge in [0.2, 0.25) is 0 Å². The smallest absolute Gasteiger partial charge is 0.332 e. The second kappa shape index (κ2) is 13.4. The summed E-state index contributed by atoms with van der Waals surface area (Å²) in [6.45, 7) is 8.12. The highest BCUT2D eigenvalue weighted by molar-refractivity contribution is 5.70. The van der Waals surface area contributed by atoms with Gasteiger partial charge in [-0.25, -0.2) is 4.79 Å².